The summed E-state index contributed by atoms with van der Waals surface area (Å²) >= 11 is 0. The summed E-state index contributed by atoms with van der Waals surface area (Å²) in [4.78, 5) is 10.5. The highest BCUT2D eigenvalue weighted by atomic mass is 16.4. The van der Waals surface area contributed by atoms with Gasteiger partial charge >= 0.3 is 5.97 Å². The maximum Gasteiger partial charge on any atom is 0.303 e. The Morgan fingerprint density at radius 3 is 2.58 bits per heavy atom. The molecule has 0 bridgehead atoms. The van der Waals surface area contributed by atoms with Gasteiger partial charge in [-0.25, -0.2) is 0 Å². The number of hydrogen-bond donors (Lipinski definition) is 4. The fourth-order valence-corrected chi connectivity index (χ4v) is 3.60. The molecule has 26 heavy (non-hydrogen) atoms. The Kier molecular flexibility index (Phi) is 9.84. The zero-order valence-corrected chi connectivity index (χ0v) is 15.8. The van der Waals surface area contributed by atoms with E-state index < -0.39 is 23.8 Å². The van der Waals surface area contributed by atoms with Crippen molar-refractivity contribution in [3.63, 3.8) is 0 Å². The average Bonchev–Trinajstić information content (AvgIpc) is 2.84. The lowest BCUT2D eigenvalue weighted by Gasteiger charge is -2.23. The van der Waals surface area contributed by atoms with Gasteiger partial charge in [0.2, 0.25) is 0 Å². The third-order valence-electron chi connectivity index (χ3n) is 5.14. The molecule has 5 atom stereocenters. The van der Waals surface area contributed by atoms with E-state index in [1.165, 1.54) is 0 Å². The summed E-state index contributed by atoms with van der Waals surface area (Å²) in [5.41, 5.74) is -0.924. The van der Waals surface area contributed by atoms with E-state index in [0.717, 1.165) is 6.42 Å². The van der Waals surface area contributed by atoms with Gasteiger partial charge in [-0.3, -0.25) is 4.79 Å². The maximum atomic E-state index is 10.5. The molecule has 1 aliphatic rings. The first-order chi connectivity index (χ1) is 12.3. The van der Waals surface area contributed by atoms with Gasteiger partial charge in [0.1, 0.15) is 0 Å². The highest BCUT2D eigenvalue weighted by molar-refractivity contribution is 5.66. The highest BCUT2D eigenvalue weighted by Crippen LogP contribution is 2.36. The zero-order chi connectivity index (χ0) is 19.6. The van der Waals surface area contributed by atoms with Crippen LogP contribution in [0.5, 0.6) is 0 Å². The van der Waals surface area contributed by atoms with Gasteiger partial charge in [0, 0.05) is 18.8 Å². The molecule has 1 aliphatic carbocycles. The highest BCUT2D eigenvalue weighted by Gasteiger charge is 2.39. The van der Waals surface area contributed by atoms with E-state index >= 15 is 0 Å². The molecule has 0 heterocycles. The van der Waals surface area contributed by atoms with Crippen LogP contribution in [0.2, 0.25) is 0 Å². The molecule has 0 aromatic carbocycles. The normalized spacial score (nSPS) is 28.6. The molecular formula is C21H34O5. The maximum absolute atomic E-state index is 10.5. The van der Waals surface area contributed by atoms with Crippen molar-refractivity contribution in [2.45, 2.75) is 76.1 Å². The Labute approximate surface area is 156 Å². The first-order valence-corrected chi connectivity index (χ1v) is 9.58. The molecule has 0 aromatic rings. The minimum atomic E-state index is -0.924. The summed E-state index contributed by atoms with van der Waals surface area (Å²) in [6.07, 6.45) is 12.5. The van der Waals surface area contributed by atoms with E-state index in [1.807, 2.05) is 31.2 Å². The van der Waals surface area contributed by atoms with Crippen LogP contribution in [-0.2, 0) is 4.79 Å². The fraction of sp³-hybridized carbons (Fsp3) is 0.667. The topological polar surface area (TPSA) is 98.0 Å². The summed E-state index contributed by atoms with van der Waals surface area (Å²) in [6, 6.07) is 0. The number of allylic oxidation sites excluding steroid dienone is 2. The molecule has 5 heteroatoms. The van der Waals surface area contributed by atoms with Crippen molar-refractivity contribution in [3.05, 3.63) is 37.0 Å². The van der Waals surface area contributed by atoms with Crippen molar-refractivity contribution in [3.8, 4) is 0 Å². The van der Waals surface area contributed by atoms with Gasteiger partial charge in [0.25, 0.3) is 0 Å². The quantitative estimate of drug-likeness (QED) is 0.314. The second-order valence-electron chi connectivity index (χ2n) is 7.29. The van der Waals surface area contributed by atoms with Crippen molar-refractivity contribution in [1.29, 1.82) is 0 Å². The van der Waals surface area contributed by atoms with Gasteiger partial charge in [-0.2, -0.15) is 0 Å². The number of hydrogen-bond acceptors (Lipinski definition) is 4. The summed E-state index contributed by atoms with van der Waals surface area (Å²) in [5.74, 6) is -1.01. The number of carbonyl (C=O) groups is 1. The van der Waals surface area contributed by atoms with Crippen molar-refractivity contribution in [2.75, 3.05) is 0 Å². The third-order valence-corrected chi connectivity index (χ3v) is 5.14. The van der Waals surface area contributed by atoms with Gasteiger partial charge in [-0.05, 0) is 38.0 Å². The molecule has 148 valence electrons. The van der Waals surface area contributed by atoms with Crippen LogP contribution in [0.15, 0.2) is 37.0 Å². The van der Waals surface area contributed by atoms with Crippen LogP contribution >= 0.6 is 0 Å². The van der Waals surface area contributed by atoms with Crippen LogP contribution in [0.4, 0.5) is 0 Å². The Morgan fingerprint density at radius 2 is 1.96 bits per heavy atom. The van der Waals surface area contributed by atoms with Gasteiger partial charge in [-0.1, -0.05) is 43.7 Å². The van der Waals surface area contributed by atoms with E-state index in [0.29, 0.717) is 38.5 Å². The minimum absolute atomic E-state index is 0.0695. The largest absolute Gasteiger partial charge is 0.481 e. The molecule has 1 unspecified atom stereocenters. The van der Waals surface area contributed by atoms with E-state index in [2.05, 4.69) is 6.58 Å². The van der Waals surface area contributed by atoms with Crippen LogP contribution in [0.1, 0.15) is 58.3 Å². The van der Waals surface area contributed by atoms with Crippen molar-refractivity contribution in [2.24, 2.45) is 11.8 Å². The lowest BCUT2D eigenvalue weighted by molar-refractivity contribution is -0.137. The van der Waals surface area contributed by atoms with Crippen LogP contribution < -0.4 is 0 Å². The van der Waals surface area contributed by atoms with Crippen LogP contribution in [-0.4, -0.2) is 44.2 Å². The molecular weight excluding hydrogens is 332 g/mol. The van der Waals surface area contributed by atoms with Gasteiger partial charge in [-0.15, -0.1) is 6.58 Å². The van der Waals surface area contributed by atoms with E-state index in [4.69, 9.17) is 5.11 Å². The monoisotopic (exact) mass is 366 g/mol. The van der Waals surface area contributed by atoms with Gasteiger partial charge in [0.05, 0.1) is 17.8 Å². The fourth-order valence-electron chi connectivity index (χ4n) is 3.60. The Morgan fingerprint density at radius 1 is 1.23 bits per heavy atom. The molecule has 1 saturated carbocycles. The van der Waals surface area contributed by atoms with Crippen molar-refractivity contribution >= 4 is 5.97 Å². The summed E-state index contributed by atoms with van der Waals surface area (Å²) in [6.45, 7) is 5.71. The lowest BCUT2D eigenvalue weighted by atomic mass is 9.88. The number of carboxylic acids is 1. The Bertz CT molecular complexity index is 499. The first kappa shape index (κ1) is 22.6. The number of rotatable bonds is 12. The van der Waals surface area contributed by atoms with Crippen molar-refractivity contribution < 1.29 is 25.2 Å². The molecule has 0 spiro atoms. The molecule has 0 radical (unpaired) electrons. The average molecular weight is 366 g/mol. The van der Waals surface area contributed by atoms with E-state index in [9.17, 15) is 20.1 Å². The van der Waals surface area contributed by atoms with Gasteiger partial charge < -0.3 is 20.4 Å². The molecule has 1 rings (SSSR count). The predicted molar refractivity (Wildman–Crippen MR) is 103 cm³/mol. The standard InChI is InChI=1S/C21H34O5/c1-3-13-21(26,4-2)14-9-11-17-16(18(22)15-19(17)23)10-7-5-6-8-12-20(24)25/h4-5,7,9,11,16-19,22-23,26H,2-3,6,8,10,12-15H2,1H3,(H,24,25)/t16-,17-,18+,19-,21?/m1/s1. The minimum Gasteiger partial charge on any atom is -0.481 e. The number of aliphatic hydroxyl groups excluding tert-OH is 2. The molecule has 0 amide bonds. The molecule has 0 aromatic heterocycles. The van der Waals surface area contributed by atoms with Gasteiger partial charge in [0.15, 0.2) is 0 Å². The zero-order valence-electron chi connectivity index (χ0n) is 15.8. The van der Waals surface area contributed by atoms with E-state index in [-0.39, 0.29) is 18.3 Å². The van der Waals surface area contributed by atoms with Crippen LogP contribution in [0, 0.1) is 11.8 Å². The SMILES string of the molecule is C=CC(O)(CC=C[C@@H]1[C@@H](CC=CCCCC(=O)O)[C@@H](O)C[C@H]1O)CCC. The molecule has 5 nitrogen and oxygen atoms in total. The first-order valence-electron chi connectivity index (χ1n) is 9.58. The number of aliphatic carboxylic acids is 1. The Hall–Kier alpha value is -1.43. The number of unbranched alkanes of at least 4 members (excludes halogenated alkanes) is 1. The molecule has 1 fully saturated rings. The van der Waals surface area contributed by atoms with Crippen LogP contribution in [0.25, 0.3) is 0 Å². The van der Waals surface area contributed by atoms with Crippen molar-refractivity contribution in [1.82, 2.24) is 0 Å². The molecule has 4 N–H and O–H groups in total. The second-order valence-corrected chi connectivity index (χ2v) is 7.29. The Balaban J connectivity index is 2.58. The summed E-state index contributed by atoms with van der Waals surface area (Å²) in [5, 5.41) is 39.5. The second kappa shape index (κ2) is 11.3. The third kappa shape index (κ3) is 7.44. The molecule has 0 aliphatic heterocycles. The van der Waals surface area contributed by atoms with Crippen LogP contribution in [0.3, 0.4) is 0 Å². The number of carboxylic acid groups (broad SMARTS) is 1. The smallest absolute Gasteiger partial charge is 0.303 e. The lowest BCUT2D eigenvalue weighted by Crippen LogP contribution is -2.24. The predicted octanol–water partition coefficient (Wildman–Crippen LogP) is 3.21. The summed E-state index contributed by atoms with van der Waals surface area (Å²) in [7, 11) is 0. The molecule has 0 saturated heterocycles. The van der Waals surface area contributed by atoms with E-state index in [1.54, 1.807) is 6.08 Å². The number of aliphatic hydroxyl groups is 3. The summed E-state index contributed by atoms with van der Waals surface area (Å²) < 4.78 is 0.